The van der Waals surface area contributed by atoms with Gasteiger partial charge in [0.15, 0.2) is 0 Å². The summed E-state index contributed by atoms with van der Waals surface area (Å²) in [6.07, 6.45) is 17.0. The molecule has 1 saturated heterocycles. The Morgan fingerprint density at radius 2 is 1.74 bits per heavy atom. The minimum Gasteiger partial charge on any atom is -0.352 e. The molecule has 9 heteroatoms. The fourth-order valence-electron chi connectivity index (χ4n) is 5.00. The fraction of sp³-hybridized carbons (Fsp3) is 0.400. The minimum atomic E-state index is 0.430. The molecule has 0 amide bonds. The van der Waals surface area contributed by atoms with Crippen molar-refractivity contribution in [2.45, 2.75) is 51.1 Å². The van der Waals surface area contributed by atoms with Gasteiger partial charge in [0.1, 0.15) is 12.0 Å². The third kappa shape index (κ3) is 4.19. The Labute approximate surface area is 198 Å². The van der Waals surface area contributed by atoms with E-state index in [1.165, 1.54) is 51.5 Å². The first-order valence-electron chi connectivity index (χ1n) is 12.1. The largest absolute Gasteiger partial charge is 0.352 e. The van der Waals surface area contributed by atoms with E-state index in [-0.39, 0.29) is 0 Å². The van der Waals surface area contributed by atoms with E-state index in [2.05, 4.69) is 39.9 Å². The summed E-state index contributed by atoms with van der Waals surface area (Å²) in [7, 11) is 0. The predicted octanol–water partition coefficient (Wildman–Crippen LogP) is 4.06. The highest BCUT2D eigenvalue weighted by molar-refractivity contribution is 5.67. The molecule has 0 atom stereocenters. The Hall–Kier alpha value is -3.59. The number of hydrogen-bond donors (Lipinski definition) is 2. The number of aromatic nitrogens is 6. The standard InChI is InChI=1S/C25H29N9/c1-17-11-29-25(31-18-3-6-21(7-4-18)33-9-2-10-33)32-24(17)22-14-28-23-8-5-19(15-34(22)23)30-20-12-26-16-27-13-20/h5,8,11-16,18,21,30H,2-4,6-7,9-10H2,1H3,(H,29,31,32)/t18-,21-. The second-order valence-corrected chi connectivity index (χ2v) is 9.31. The van der Waals surface area contributed by atoms with Crippen molar-refractivity contribution in [1.29, 1.82) is 0 Å². The molecule has 2 fully saturated rings. The van der Waals surface area contributed by atoms with Gasteiger partial charge in [-0.05, 0) is 69.8 Å². The van der Waals surface area contributed by atoms with Crippen molar-refractivity contribution in [3.05, 3.63) is 55.0 Å². The number of pyridine rings is 1. The van der Waals surface area contributed by atoms with Crippen LogP contribution in [0.15, 0.2) is 49.4 Å². The predicted molar refractivity (Wildman–Crippen MR) is 132 cm³/mol. The van der Waals surface area contributed by atoms with Gasteiger partial charge in [-0.15, -0.1) is 0 Å². The summed E-state index contributed by atoms with van der Waals surface area (Å²) in [5, 5.41) is 6.94. The van der Waals surface area contributed by atoms with Crippen LogP contribution in [0, 0.1) is 6.92 Å². The molecule has 0 spiro atoms. The van der Waals surface area contributed by atoms with Crippen molar-refractivity contribution < 1.29 is 0 Å². The highest BCUT2D eigenvalue weighted by atomic mass is 15.2. The van der Waals surface area contributed by atoms with Crippen molar-refractivity contribution in [3.8, 4) is 11.4 Å². The summed E-state index contributed by atoms with van der Waals surface area (Å²) in [6.45, 7) is 4.60. The van der Waals surface area contributed by atoms with Crippen LogP contribution in [0.3, 0.4) is 0 Å². The lowest BCUT2D eigenvalue weighted by atomic mass is 9.89. The lowest BCUT2D eigenvalue weighted by Gasteiger charge is -2.42. The summed E-state index contributed by atoms with van der Waals surface area (Å²) in [6, 6.07) is 5.18. The molecule has 0 radical (unpaired) electrons. The summed E-state index contributed by atoms with van der Waals surface area (Å²) >= 11 is 0. The number of anilines is 3. The van der Waals surface area contributed by atoms with Crippen molar-refractivity contribution in [1.82, 2.24) is 34.2 Å². The quantitative estimate of drug-likeness (QED) is 0.449. The third-order valence-electron chi connectivity index (χ3n) is 7.01. The third-order valence-corrected chi connectivity index (χ3v) is 7.01. The van der Waals surface area contributed by atoms with E-state index in [0.29, 0.717) is 12.0 Å². The molecule has 0 aromatic carbocycles. The van der Waals surface area contributed by atoms with Gasteiger partial charge in [0.2, 0.25) is 5.95 Å². The molecule has 1 saturated carbocycles. The number of imidazole rings is 1. The lowest BCUT2D eigenvalue weighted by molar-refractivity contribution is 0.0888. The van der Waals surface area contributed by atoms with Crippen LogP contribution >= 0.6 is 0 Å². The molecule has 5 heterocycles. The summed E-state index contributed by atoms with van der Waals surface area (Å²) in [5.41, 5.74) is 5.46. The van der Waals surface area contributed by atoms with Gasteiger partial charge in [0.25, 0.3) is 0 Å². The van der Waals surface area contributed by atoms with Gasteiger partial charge in [-0.1, -0.05) is 0 Å². The van der Waals surface area contributed by atoms with E-state index in [0.717, 1.165) is 40.0 Å². The zero-order chi connectivity index (χ0) is 22.9. The topological polar surface area (TPSA) is 96.2 Å². The van der Waals surface area contributed by atoms with E-state index in [1.807, 2.05) is 37.6 Å². The second-order valence-electron chi connectivity index (χ2n) is 9.31. The fourth-order valence-corrected chi connectivity index (χ4v) is 5.00. The Kier molecular flexibility index (Phi) is 5.54. The van der Waals surface area contributed by atoms with Gasteiger partial charge >= 0.3 is 0 Å². The Morgan fingerprint density at radius 3 is 2.50 bits per heavy atom. The van der Waals surface area contributed by atoms with Crippen LogP contribution in [-0.2, 0) is 0 Å². The minimum absolute atomic E-state index is 0.430. The maximum absolute atomic E-state index is 4.92. The Balaban J connectivity index is 1.22. The van der Waals surface area contributed by atoms with E-state index >= 15 is 0 Å². The summed E-state index contributed by atoms with van der Waals surface area (Å²) < 4.78 is 2.06. The van der Waals surface area contributed by atoms with E-state index in [9.17, 15) is 0 Å². The van der Waals surface area contributed by atoms with Crippen LogP contribution in [0.1, 0.15) is 37.7 Å². The van der Waals surface area contributed by atoms with E-state index in [1.54, 1.807) is 12.4 Å². The van der Waals surface area contributed by atoms with Crippen LogP contribution in [0.5, 0.6) is 0 Å². The van der Waals surface area contributed by atoms with Crippen LogP contribution in [0.25, 0.3) is 17.0 Å². The van der Waals surface area contributed by atoms with Gasteiger partial charge in [-0.2, -0.15) is 0 Å². The number of aryl methyl sites for hydroxylation is 1. The molecule has 0 unspecified atom stereocenters. The maximum Gasteiger partial charge on any atom is 0.223 e. The van der Waals surface area contributed by atoms with Crippen LogP contribution in [0.4, 0.5) is 17.3 Å². The van der Waals surface area contributed by atoms with Gasteiger partial charge in [-0.25, -0.2) is 24.9 Å². The van der Waals surface area contributed by atoms with Crippen molar-refractivity contribution in [2.24, 2.45) is 0 Å². The van der Waals surface area contributed by atoms with Gasteiger partial charge < -0.3 is 15.5 Å². The van der Waals surface area contributed by atoms with Gasteiger partial charge in [0.05, 0.1) is 41.4 Å². The van der Waals surface area contributed by atoms with Gasteiger partial charge in [0, 0.05) is 24.5 Å². The molecule has 4 aromatic heterocycles. The smallest absolute Gasteiger partial charge is 0.223 e. The maximum atomic E-state index is 4.92. The molecule has 2 aliphatic rings. The first-order chi connectivity index (χ1) is 16.7. The first kappa shape index (κ1) is 21.0. The SMILES string of the molecule is Cc1cnc(N[C@H]2CC[C@H](N3CCC3)CC2)nc1-c1cnc2ccc(Nc3cncnc3)cn12. The lowest BCUT2D eigenvalue weighted by Crippen LogP contribution is -2.47. The molecule has 1 aliphatic heterocycles. The molecule has 174 valence electrons. The zero-order valence-electron chi connectivity index (χ0n) is 19.4. The molecular weight excluding hydrogens is 426 g/mol. The van der Waals surface area contributed by atoms with E-state index in [4.69, 9.17) is 4.98 Å². The number of nitrogens with zero attached hydrogens (tertiary/aromatic N) is 7. The van der Waals surface area contributed by atoms with Crippen molar-refractivity contribution >= 4 is 23.0 Å². The number of rotatable bonds is 6. The molecule has 34 heavy (non-hydrogen) atoms. The summed E-state index contributed by atoms with van der Waals surface area (Å²) in [5.74, 6) is 0.693. The molecular formula is C25H29N9. The Morgan fingerprint density at radius 1 is 0.912 bits per heavy atom. The number of hydrogen-bond acceptors (Lipinski definition) is 8. The van der Waals surface area contributed by atoms with Gasteiger partial charge in [-0.3, -0.25) is 4.40 Å². The zero-order valence-corrected chi connectivity index (χ0v) is 19.4. The molecule has 0 bridgehead atoms. The monoisotopic (exact) mass is 455 g/mol. The average molecular weight is 456 g/mol. The molecule has 6 rings (SSSR count). The van der Waals surface area contributed by atoms with Crippen LogP contribution < -0.4 is 10.6 Å². The van der Waals surface area contributed by atoms with E-state index < -0.39 is 0 Å². The average Bonchev–Trinajstić information content (AvgIpc) is 3.24. The van der Waals surface area contributed by atoms with Crippen molar-refractivity contribution in [3.63, 3.8) is 0 Å². The highest BCUT2D eigenvalue weighted by Crippen LogP contribution is 2.29. The number of nitrogens with one attached hydrogen (secondary N) is 2. The number of likely N-dealkylation sites (tertiary alicyclic amines) is 1. The second kappa shape index (κ2) is 8.98. The molecule has 4 aromatic rings. The molecule has 9 nitrogen and oxygen atoms in total. The highest BCUT2D eigenvalue weighted by Gasteiger charge is 2.29. The first-order valence-corrected chi connectivity index (χ1v) is 12.1. The molecule has 1 aliphatic carbocycles. The Bertz CT molecular complexity index is 1270. The van der Waals surface area contributed by atoms with Crippen LogP contribution in [0.2, 0.25) is 0 Å². The van der Waals surface area contributed by atoms with Crippen LogP contribution in [-0.4, -0.2) is 59.4 Å². The summed E-state index contributed by atoms with van der Waals surface area (Å²) in [4.78, 5) is 24.9. The van der Waals surface area contributed by atoms with Crippen molar-refractivity contribution in [2.75, 3.05) is 23.7 Å². The molecule has 2 N–H and O–H groups in total. The number of fused-ring (bicyclic) bond motifs is 1. The normalized spacial score (nSPS) is 20.7.